The highest BCUT2D eigenvalue weighted by Crippen LogP contribution is 2.35. The average Bonchev–Trinajstić information content (AvgIpc) is 2.38. The molecule has 0 saturated carbocycles. The quantitative estimate of drug-likeness (QED) is 0.570. The van der Waals surface area contributed by atoms with Gasteiger partial charge in [0.1, 0.15) is 4.99 Å². The van der Waals surface area contributed by atoms with Crippen LogP contribution in [0.5, 0.6) is 11.5 Å². The van der Waals surface area contributed by atoms with E-state index in [1.54, 1.807) is 7.11 Å². The number of benzene rings is 1. The summed E-state index contributed by atoms with van der Waals surface area (Å²) >= 11 is 8.47. The van der Waals surface area contributed by atoms with Crippen LogP contribution in [0, 0.1) is 0 Å². The summed E-state index contributed by atoms with van der Waals surface area (Å²) in [5, 5.41) is 0. The summed E-state index contributed by atoms with van der Waals surface area (Å²) in [6.07, 6.45) is 4.62. The highest BCUT2D eigenvalue weighted by molar-refractivity contribution is 9.10. The van der Waals surface area contributed by atoms with E-state index >= 15 is 0 Å². The molecule has 2 N–H and O–H groups in total. The number of rotatable bonds is 8. The van der Waals surface area contributed by atoms with Crippen molar-refractivity contribution >= 4 is 33.1 Å². The molecule has 0 fully saturated rings. The third-order valence-corrected chi connectivity index (χ3v) is 3.43. The minimum atomic E-state index is 0.308. The summed E-state index contributed by atoms with van der Waals surface area (Å²) in [4.78, 5) is 0.308. The largest absolute Gasteiger partial charge is 0.493 e. The molecule has 0 bridgehead atoms. The number of ether oxygens (including phenoxy) is 2. The molecule has 1 aromatic rings. The lowest BCUT2D eigenvalue weighted by Crippen LogP contribution is -2.13. The molecule has 0 atom stereocenters. The van der Waals surface area contributed by atoms with Gasteiger partial charge in [0.15, 0.2) is 11.5 Å². The van der Waals surface area contributed by atoms with Crippen molar-refractivity contribution in [1.82, 2.24) is 0 Å². The maximum atomic E-state index is 5.81. The highest BCUT2D eigenvalue weighted by atomic mass is 79.9. The van der Waals surface area contributed by atoms with E-state index in [4.69, 9.17) is 27.4 Å². The van der Waals surface area contributed by atoms with Gasteiger partial charge in [-0.15, -0.1) is 0 Å². The molecule has 0 aliphatic carbocycles. The Morgan fingerprint density at radius 2 is 2.05 bits per heavy atom. The maximum absolute atomic E-state index is 5.81. The molecule has 0 amide bonds. The van der Waals surface area contributed by atoms with Gasteiger partial charge < -0.3 is 15.2 Å². The predicted molar refractivity (Wildman–Crippen MR) is 86.2 cm³/mol. The Morgan fingerprint density at radius 3 is 2.63 bits per heavy atom. The monoisotopic (exact) mass is 345 g/mol. The summed E-state index contributed by atoms with van der Waals surface area (Å²) in [6.45, 7) is 2.83. The van der Waals surface area contributed by atoms with Crippen molar-refractivity contribution < 1.29 is 9.47 Å². The molecule has 3 nitrogen and oxygen atoms in total. The van der Waals surface area contributed by atoms with E-state index in [1.165, 1.54) is 12.8 Å². The number of halogens is 1. The number of nitrogens with two attached hydrogens (primary N) is 1. The van der Waals surface area contributed by atoms with Crippen LogP contribution in [-0.4, -0.2) is 18.7 Å². The second kappa shape index (κ2) is 8.38. The number of hydrogen-bond donors (Lipinski definition) is 1. The van der Waals surface area contributed by atoms with E-state index in [2.05, 4.69) is 22.9 Å². The fourth-order valence-electron chi connectivity index (χ4n) is 1.76. The third kappa shape index (κ3) is 4.99. The van der Waals surface area contributed by atoms with Gasteiger partial charge in [-0.1, -0.05) is 54.3 Å². The van der Waals surface area contributed by atoms with Gasteiger partial charge in [0.2, 0.25) is 0 Å². The lowest BCUT2D eigenvalue weighted by atomic mass is 10.2. The van der Waals surface area contributed by atoms with Gasteiger partial charge in [0.05, 0.1) is 19.3 Å². The predicted octanol–water partition coefficient (Wildman–Crippen LogP) is 4.05. The molecule has 0 aliphatic heterocycles. The van der Waals surface area contributed by atoms with Gasteiger partial charge in [-0.2, -0.15) is 0 Å². The van der Waals surface area contributed by atoms with Crippen LogP contribution in [0.2, 0.25) is 0 Å². The van der Waals surface area contributed by atoms with E-state index < -0.39 is 0 Å². The summed E-state index contributed by atoms with van der Waals surface area (Å²) in [7, 11) is 1.61. The topological polar surface area (TPSA) is 44.5 Å². The van der Waals surface area contributed by atoms with E-state index in [0.717, 1.165) is 17.3 Å². The number of thiocarbonyl (C=S) groups is 1. The summed E-state index contributed by atoms with van der Waals surface area (Å²) < 4.78 is 12.0. The molecule has 0 saturated heterocycles. The van der Waals surface area contributed by atoms with Crippen LogP contribution in [0.4, 0.5) is 0 Å². The van der Waals surface area contributed by atoms with Gasteiger partial charge in [-0.25, -0.2) is 0 Å². The first-order chi connectivity index (χ1) is 9.10. The van der Waals surface area contributed by atoms with Gasteiger partial charge >= 0.3 is 0 Å². The second-order valence-corrected chi connectivity index (χ2v) is 5.61. The standard InChI is InChI=1S/C14H20BrNO2S/c1-3-4-5-6-7-18-13-11(14(16)19)8-10(15)9-12(13)17-2/h8-9H,3-7H2,1-2H3,(H2,16,19). The number of unbranched alkanes of at least 4 members (excludes halogenated alkanes) is 3. The Balaban J connectivity index is 2.81. The Bertz CT molecular complexity index is 438. The number of hydrogen-bond acceptors (Lipinski definition) is 3. The van der Waals surface area contributed by atoms with Crippen LogP contribution in [0.3, 0.4) is 0 Å². The lowest BCUT2D eigenvalue weighted by molar-refractivity contribution is 0.284. The first-order valence-electron chi connectivity index (χ1n) is 6.40. The van der Waals surface area contributed by atoms with Crippen molar-refractivity contribution in [3.8, 4) is 11.5 Å². The zero-order chi connectivity index (χ0) is 14.3. The molecule has 0 heterocycles. The smallest absolute Gasteiger partial charge is 0.171 e. The lowest BCUT2D eigenvalue weighted by Gasteiger charge is -2.15. The Kier molecular flexibility index (Phi) is 7.16. The molecule has 0 unspecified atom stereocenters. The Labute approximate surface area is 128 Å². The van der Waals surface area contributed by atoms with Gasteiger partial charge in [0, 0.05) is 4.47 Å². The maximum Gasteiger partial charge on any atom is 0.171 e. The SMILES string of the molecule is CCCCCCOc1c(OC)cc(Br)cc1C(N)=S. The second-order valence-electron chi connectivity index (χ2n) is 4.26. The Hall–Kier alpha value is -0.810. The van der Waals surface area contributed by atoms with Crippen molar-refractivity contribution in [2.24, 2.45) is 5.73 Å². The van der Waals surface area contributed by atoms with Gasteiger partial charge in [-0.3, -0.25) is 0 Å². The van der Waals surface area contributed by atoms with Crippen molar-refractivity contribution in [2.75, 3.05) is 13.7 Å². The molecular formula is C14H20BrNO2S. The van der Waals surface area contributed by atoms with Crippen molar-refractivity contribution in [3.63, 3.8) is 0 Å². The molecule has 19 heavy (non-hydrogen) atoms. The molecule has 0 spiro atoms. The first-order valence-corrected chi connectivity index (χ1v) is 7.60. The summed E-state index contributed by atoms with van der Waals surface area (Å²) in [5.74, 6) is 1.28. The summed E-state index contributed by atoms with van der Waals surface area (Å²) in [6, 6.07) is 3.70. The van der Waals surface area contributed by atoms with Crippen LogP contribution < -0.4 is 15.2 Å². The van der Waals surface area contributed by atoms with Crippen molar-refractivity contribution in [1.29, 1.82) is 0 Å². The molecule has 0 radical (unpaired) electrons. The van der Waals surface area contributed by atoms with E-state index in [-0.39, 0.29) is 0 Å². The van der Waals surface area contributed by atoms with Crippen LogP contribution in [-0.2, 0) is 0 Å². The van der Waals surface area contributed by atoms with E-state index in [0.29, 0.717) is 28.7 Å². The van der Waals surface area contributed by atoms with Crippen molar-refractivity contribution in [3.05, 3.63) is 22.2 Å². The molecule has 1 rings (SSSR count). The minimum Gasteiger partial charge on any atom is -0.493 e. The molecule has 106 valence electrons. The van der Waals surface area contributed by atoms with Gasteiger partial charge in [-0.05, 0) is 18.6 Å². The molecule has 1 aromatic carbocycles. The Morgan fingerprint density at radius 1 is 1.32 bits per heavy atom. The van der Waals surface area contributed by atoms with E-state index in [9.17, 15) is 0 Å². The zero-order valence-corrected chi connectivity index (χ0v) is 13.8. The normalized spacial score (nSPS) is 10.3. The molecule has 0 aliphatic rings. The first kappa shape index (κ1) is 16.2. The molecular weight excluding hydrogens is 326 g/mol. The average molecular weight is 346 g/mol. The van der Waals surface area contributed by atoms with Crippen LogP contribution in [0.15, 0.2) is 16.6 Å². The van der Waals surface area contributed by atoms with Gasteiger partial charge in [0.25, 0.3) is 0 Å². The van der Waals surface area contributed by atoms with Crippen LogP contribution >= 0.6 is 28.1 Å². The van der Waals surface area contributed by atoms with Crippen molar-refractivity contribution in [2.45, 2.75) is 32.6 Å². The summed E-state index contributed by atoms with van der Waals surface area (Å²) in [5.41, 5.74) is 6.44. The minimum absolute atomic E-state index is 0.308. The molecule has 0 aromatic heterocycles. The zero-order valence-electron chi connectivity index (χ0n) is 11.4. The third-order valence-electron chi connectivity index (χ3n) is 2.75. The fourth-order valence-corrected chi connectivity index (χ4v) is 2.34. The fraction of sp³-hybridized carbons (Fsp3) is 0.500. The molecule has 5 heteroatoms. The van der Waals surface area contributed by atoms with Crippen LogP contribution in [0.25, 0.3) is 0 Å². The van der Waals surface area contributed by atoms with Crippen LogP contribution in [0.1, 0.15) is 38.2 Å². The number of methoxy groups -OCH3 is 1. The highest BCUT2D eigenvalue weighted by Gasteiger charge is 2.14. The van der Waals surface area contributed by atoms with E-state index in [1.807, 2.05) is 12.1 Å².